The molecule has 0 aromatic carbocycles. The summed E-state index contributed by atoms with van der Waals surface area (Å²) in [7, 11) is 0. The predicted octanol–water partition coefficient (Wildman–Crippen LogP) is 0.450. The van der Waals surface area contributed by atoms with E-state index in [1.165, 1.54) is 6.07 Å². The van der Waals surface area contributed by atoms with E-state index < -0.39 is 0 Å². The van der Waals surface area contributed by atoms with E-state index in [1.54, 1.807) is 29.4 Å². The van der Waals surface area contributed by atoms with Gasteiger partial charge in [0.15, 0.2) is 5.82 Å². The Morgan fingerprint density at radius 1 is 1.18 bits per heavy atom. The molecule has 3 heterocycles. The van der Waals surface area contributed by atoms with Crippen molar-refractivity contribution < 1.29 is 5.11 Å². The van der Waals surface area contributed by atoms with Gasteiger partial charge in [0.1, 0.15) is 12.1 Å². The lowest BCUT2D eigenvalue weighted by Crippen LogP contribution is -2.06. The van der Waals surface area contributed by atoms with Gasteiger partial charge in [-0.1, -0.05) is 0 Å². The maximum atomic E-state index is 9.09. The molecule has 1 aromatic heterocycles. The Labute approximate surface area is 95.9 Å². The van der Waals surface area contributed by atoms with Crippen molar-refractivity contribution >= 4 is 5.82 Å². The van der Waals surface area contributed by atoms with Gasteiger partial charge in [-0.25, -0.2) is 4.98 Å². The van der Waals surface area contributed by atoms with Crippen LogP contribution in [0.5, 0.6) is 5.88 Å². The van der Waals surface area contributed by atoms with Gasteiger partial charge in [0.2, 0.25) is 5.88 Å². The quantitative estimate of drug-likeness (QED) is 0.626. The minimum Gasteiger partial charge on any atom is -0.492 e. The number of hydrogen-bond acceptors (Lipinski definition) is 6. The van der Waals surface area contributed by atoms with Gasteiger partial charge in [-0.2, -0.15) is 0 Å². The molecular weight excluding hydrogens is 220 g/mol. The summed E-state index contributed by atoms with van der Waals surface area (Å²) in [6, 6.07) is 3.08. The van der Waals surface area contributed by atoms with Crippen LogP contribution < -0.4 is 5.73 Å². The molecule has 17 heavy (non-hydrogen) atoms. The third-order valence-electron chi connectivity index (χ3n) is 2.41. The van der Waals surface area contributed by atoms with Crippen LogP contribution in [0, 0.1) is 0 Å². The van der Waals surface area contributed by atoms with E-state index in [0.29, 0.717) is 11.6 Å². The van der Waals surface area contributed by atoms with Crippen molar-refractivity contribution in [2.45, 2.75) is 0 Å². The Balaban J connectivity index is 2.21. The molecule has 0 unspecified atom stereocenters. The Kier molecular flexibility index (Phi) is 1.91. The summed E-state index contributed by atoms with van der Waals surface area (Å²) >= 11 is 0. The first-order valence-corrected chi connectivity index (χ1v) is 4.85. The number of anilines is 1. The minimum atomic E-state index is -0.130. The van der Waals surface area contributed by atoms with Crippen LogP contribution in [-0.4, -0.2) is 29.8 Å². The standard InChI is InChI=1S/C10H8N6O/c11-10-6-3-12-4-7(6)16(5-13-10)8-1-2-9(17)15-14-8/h1-5H,11H2,(H,15,17). The molecule has 7 nitrogen and oxygen atoms in total. The van der Waals surface area contributed by atoms with E-state index in [-0.39, 0.29) is 5.88 Å². The lowest BCUT2D eigenvalue weighted by molar-refractivity contribution is 0.444. The van der Waals surface area contributed by atoms with Gasteiger partial charge in [-0.15, -0.1) is 10.2 Å². The average molecular weight is 228 g/mol. The normalized spacial score (nSPS) is 10.8. The first kappa shape index (κ1) is 9.52. The molecule has 0 spiro atoms. The zero-order chi connectivity index (χ0) is 11.8. The van der Waals surface area contributed by atoms with Crippen LogP contribution in [0.1, 0.15) is 0 Å². The van der Waals surface area contributed by atoms with Crippen molar-refractivity contribution in [2.75, 3.05) is 5.73 Å². The summed E-state index contributed by atoms with van der Waals surface area (Å²) in [5.41, 5.74) is 7.27. The largest absolute Gasteiger partial charge is 0.492 e. The molecular formula is C10H8N6O. The van der Waals surface area contributed by atoms with Crippen LogP contribution in [0.2, 0.25) is 0 Å². The molecule has 0 aliphatic carbocycles. The lowest BCUT2D eigenvalue weighted by Gasteiger charge is -2.10. The Hall–Kier alpha value is -2.70. The number of nitrogens with two attached hydrogens (primary N) is 1. The fourth-order valence-electron chi connectivity index (χ4n) is 1.59. The van der Waals surface area contributed by atoms with Gasteiger partial charge in [0.05, 0.1) is 17.5 Å². The fourth-order valence-corrected chi connectivity index (χ4v) is 1.59. The van der Waals surface area contributed by atoms with Gasteiger partial charge < -0.3 is 10.8 Å². The van der Waals surface area contributed by atoms with E-state index in [0.717, 1.165) is 11.3 Å². The molecule has 2 aliphatic heterocycles. The minimum absolute atomic E-state index is 0.130. The summed E-state index contributed by atoms with van der Waals surface area (Å²) in [5, 5.41) is 16.5. The number of hydrogen-bond donors (Lipinski definition) is 2. The molecule has 1 aromatic rings. The van der Waals surface area contributed by atoms with E-state index in [2.05, 4.69) is 20.2 Å². The third kappa shape index (κ3) is 1.44. The van der Waals surface area contributed by atoms with Crippen LogP contribution >= 0.6 is 0 Å². The zero-order valence-corrected chi connectivity index (χ0v) is 8.65. The highest BCUT2D eigenvalue weighted by molar-refractivity contribution is 5.72. The maximum Gasteiger partial charge on any atom is 0.231 e. The molecule has 0 amide bonds. The van der Waals surface area contributed by atoms with Crippen molar-refractivity contribution in [3.8, 4) is 23.0 Å². The maximum absolute atomic E-state index is 9.09. The highest BCUT2D eigenvalue weighted by Crippen LogP contribution is 2.27. The monoisotopic (exact) mass is 228 g/mol. The summed E-state index contributed by atoms with van der Waals surface area (Å²) in [6.07, 6.45) is 4.85. The molecule has 0 saturated heterocycles. The number of aromatic hydroxyl groups is 1. The average Bonchev–Trinajstić information content (AvgIpc) is 2.81. The third-order valence-corrected chi connectivity index (χ3v) is 2.41. The van der Waals surface area contributed by atoms with E-state index >= 15 is 0 Å². The van der Waals surface area contributed by atoms with Gasteiger partial charge in [-0.3, -0.25) is 9.55 Å². The Morgan fingerprint density at radius 2 is 2.06 bits per heavy atom. The molecule has 7 heteroatoms. The fraction of sp³-hybridized carbons (Fsp3) is 0. The van der Waals surface area contributed by atoms with Crippen LogP contribution in [0.4, 0.5) is 5.82 Å². The second-order valence-electron chi connectivity index (χ2n) is 3.46. The van der Waals surface area contributed by atoms with E-state index in [9.17, 15) is 0 Å². The van der Waals surface area contributed by atoms with Crippen LogP contribution in [0.3, 0.4) is 0 Å². The summed E-state index contributed by atoms with van der Waals surface area (Å²) in [5.74, 6) is 0.823. The highest BCUT2D eigenvalue weighted by atomic mass is 16.3. The van der Waals surface area contributed by atoms with Crippen LogP contribution in [0.15, 0.2) is 30.9 Å². The lowest BCUT2D eigenvalue weighted by atomic mass is 10.2. The number of nitrogen functional groups attached to an aromatic ring is 1. The molecule has 0 fully saturated rings. The molecule has 0 radical (unpaired) electrons. The molecule has 0 saturated carbocycles. The number of aromatic nitrogens is 5. The SMILES string of the molecule is Nc1ncn(-c2ccc(O)nn2)c2cncc1-2. The molecule has 2 aliphatic rings. The summed E-state index contributed by atoms with van der Waals surface area (Å²) in [6.45, 7) is 0. The number of nitrogens with zero attached hydrogens (tertiary/aromatic N) is 5. The molecule has 3 N–H and O–H groups in total. The topological polar surface area (TPSA) is 103 Å². The van der Waals surface area contributed by atoms with Crippen molar-refractivity contribution in [1.29, 1.82) is 0 Å². The van der Waals surface area contributed by atoms with E-state index in [4.69, 9.17) is 10.8 Å². The second kappa shape index (κ2) is 3.41. The first-order valence-electron chi connectivity index (χ1n) is 4.85. The summed E-state index contributed by atoms with van der Waals surface area (Å²) in [4.78, 5) is 8.08. The van der Waals surface area contributed by atoms with Crippen molar-refractivity contribution in [3.63, 3.8) is 0 Å². The molecule has 0 bridgehead atoms. The Morgan fingerprint density at radius 3 is 2.82 bits per heavy atom. The Bertz CT molecular complexity index is 632. The molecule has 0 atom stereocenters. The smallest absolute Gasteiger partial charge is 0.231 e. The van der Waals surface area contributed by atoms with Crippen molar-refractivity contribution in [1.82, 2.24) is 24.7 Å². The summed E-state index contributed by atoms with van der Waals surface area (Å²) < 4.78 is 1.70. The van der Waals surface area contributed by atoms with Crippen molar-refractivity contribution in [3.05, 3.63) is 30.9 Å². The van der Waals surface area contributed by atoms with E-state index in [1.807, 2.05) is 0 Å². The predicted molar refractivity (Wildman–Crippen MR) is 59.6 cm³/mol. The zero-order valence-electron chi connectivity index (χ0n) is 8.65. The van der Waals surface area contributed by atoms with Crippen molar-refractivity contribution in [2.24, 2.45) is 0 Å². The van der Waals surface area contributed by atoms with Gasteiger partial charge in [-0.05, 0) is 6.07 Å². The highest BCUT2D eigenvalue weighted by Gasteiger charge is 2.14. The number of fused-ring (bicyclic) bond motifs is 1. The van der Waals surface area contributed by atoms with Gasteiger partial charge in [0.25, 0.3) is 0 Å². The second-order valence-corrected chi connectivity index (χ2v) is 3.46. The number of rotatable bonds is 1. The first-order chi connectivity index (χ1) is 8.25. The van der Waals surface area contributed by atoms with Crippen LogP contribution in [0.25, 0.3) is 17.1 Å². The van der Waals surface area contributed by atoms with Gasteiger partial charge >= 0.3 is 0 Å². The van der Waals surface area contributed by atoms with Crippen LogP contribution in [-0.2, 0) is 0 Å². The van der Waals surface area contributed by atoms with Gasteiger partial charge in [0, 0.05) is 12.3 Å². The molecule has 84 valence electrons. The molecule has 3 rings (SSSR count).